The maximum Gasteiger partial charge on any atom is 0.253 e. The summed E-state index contributed by atoms with van der Waals surface area (Å²) in [5.74, 6) is 0.798. The molecule has 0 radical (unpaired) electrons. The molecule has 162 valence electrons. The summed E-state index contributed by atoms with van der Waals surface area (Å²) in [6.07, 6.45) is 5.56. The molecule has 1 amide bonds. The van der Waals surface area contributed by atoms with Crippen molar-refractivity contribution in [2.75, 3.05) is 31.1 Å². The monoisotopic (exact) mass is 440 g/mol. The van der Waals surface area contributed by atoms with E-state index in [1.807, 2.05) is 17.2 Å². The second-order valence-electron chi connectivity index (χ2n) is 8.61. The van der Waals surface area contributed by atoms with Crippen molar-refractivity contribution >= 4 is 32.8 Å². The summed E-state index contributed by atoms with van der Waals surface area (Å²) in [4.78, 5) is 29.4. The van der Waals surface area contributed by atoms with Gasteiger partial charge >= 0.3 is 0 Å². The van der Waals surface area contributed by atoms with E-state index in [1.165, 1.54) is 6.07 Å². The second kappa shape index (κ2) is 7.03. The number of aromatic amines is 1. The van der Waals surface area contributed by atoms with Crippen LogP contribution in [0.3, 0.4) is 0 Å². The van der Waals surface area contributed by atoms with Gasteiger partial charge < -0.3 is 14.8 Å². The van der Waals surface area contributed by atoms with Crippen molar-refractivity contribution in [3.05, 3.63) is 47.9 Å². The molecule has 9 nitrogen and oxygen atoms in total. The number of aromatic nitrogens is 3. The summed E-state index contributed by atoms with van der Waals surface area (Å²) in [6.45, 7) is 4.41. The zero-order valence-electron chi connectivity index (χ0n) is 17.2. The van der Waals surface area contributed by atoms with Crippen LogP contribution in [0.15, 0.2) is 41.7 Å². The summed E-state index contributed by atoms with van der Waals surface area (Å²) in [5.41, 5.74) is 1.82. The van der Waals surface area contributed by atoms with Gasteiger partial charge in [0.25, 0.3) is 5.91 Å². The van der Waals surface area contributed by atoms with E-state index in [1.54, 1.807) is 25.4 Å². The molecule has 2 aromatic heterocycles. The van der Waals surface area contributed by atoms with Crippen molar-refractivity contribution in [1.29, 1.82) is 0 Å². The highest BCUT2D eigenvalue weighted by molar-refractivity contribution is 7.89. The molecule has 1 spiro atoms. The standard InChI is InChI=1S/C21H24N6O3S/c1-14-10-15(2-3-17(14)31(22,29)30)20(28)27-9-8-26(11-21(12-27)5-6-21)19-16-4-7-23-18(16)24-13-25-19/h2-4,7,10,13H,5-6,8-9,11-12H2,1H3,(H2,22,29,30)(H,23,24,25). The van der Waals surface area contributed by atoms with Gasteiger partial charge in [-0.25, -0.2) is 23.5 Å². The van der Waals surface area contributed by atoms with E-state index in [-0.39, 0.29) is 16.2 Å². The van der Waals surface area contributed by atoms with E-state index < -0.39 is 10.0 Å². The van der Waals surface area contributed by atoms with Gasteiger partial charge in [0.1, 0.15) is 17.8 Å². The van der Waals surface area contributed by atoms with Gasteiger partial charge in [0.15, 0.2) is 0 Å². The maximum atomic E-state index is 13.3. The van der Waals surface area contributed by atoms with Gasteiger partial charge in [0.05, 0.1) is 10.3 Å². The topological polar surface area (TPSA) is 125 Å². The number of carbonyl (C=O) groups excluding carboxylic acids is 1. The van der Waals surface area contributed by atoms with Crippen LogP contribution >= 0.6 is 0 Å². The van der Waals surface area contributed by atoms with Crippen molar-refractivity contribution in [3.8, 4) is 0 Å². The number of fused-ring (bicyclic) bond motifs is 1. The lowest BCUT2D eigenvalue weighted by Crippen LogP contribution is -2.36. The number of nitrogens with zero attached hydrogens (tertiary/aromatic N) is 4. The van der Waals surface area contributed by atoms with Crippen LogP contribution in [-0.2, 0) is 10.0 Å². The quantitative estimate of drug-likeness (QED) is 0.638. The third-order valence-electron chi connectivity index (χ3n) is 6.30. The van der Waals surface area contributed by atoms with E-state index in [0.717, 1.165) is 36.2 Å². The van der Waals surface area contributed by atoms with Gasteiger partial charge in [-0.15, -0.1) is 0 Å². The first kappa shape index (κ1) is 20.0. The van der Waals surface area contributed by atoms with Crippen LogP contribution in [0.2, 0.25) is 0 Å². The minimum absolute atomic E-state index is 0.0454. The average molecular weight is 441 g/mol. The Labute approximate surface area is 180 Å². The Morgan fingerprint density at radius 2 is 1.97 bits per heavy atom. The predicted octanol–water partition coefficient (Wildman–Crippen LogP) is 1.66. The molecule has 1 aliphatic carbocycles. The molecule has 2 aliphatic rings. The molecule has 31 heavy (non-hydrogen) atoms. The first-order valence-corrected chi connectivity index (χ1v) is 11.8. The number of aryl methyl sites for hydroxylation is 1. The number of carbonyl (C=O) groups is 1. The van der Waals surface area contributed by atoms with Crippen molar-refractivity contribution < 1.29 is 13.2 Å². The Hall–Kier alpha value is -2.98. The fraction of sp³-hybridized carbons (Fsp3) is 0.381. The molecule has 1 saturated carbocycles. The number of sulfonamides is 1. The average Bonchev–Trinajstić information content (AvgIpc) is 3.36. The molecule has 1 aromatic carbocycles. The second-order valence-corrected chi connectivity index (χ2v) is 10.1. The van der Waals surface area contributed by atoms with Gasteiger partial charge in [0.2, 0.25) is 10.0 Å². The Balaban J connectivity index is 1.42. The van der Waals surface area contributed by atoms with E-state index in [2.05, 4.69) is 19.9 Å². The SMILES string of the molecule is Cc1cc(C(=O)N2CCN(c3ncnc4[nH]ccc34)CC3(CC3)C2)ccc1S(N)(=O)=O. The third kappa shape index (κ3) is 3.66. The largest absolute Gasteiger partial charge is 0.354 e. The van der Waals surface area contributed by atoms with Crippen LogP contribution in [0.5, 0.6) is 0 Å². The highest BCUT2D eigenvalue weighted by Gasteiger charge is 2.48. The van der Waals surface area contributed by atoms with E-state index in [4.69, 9.17) is 5.14 Å². The van der Waals surface area contributed by atoms with E-state index in [9.17, 15) is 13.2 Å². The third-order valence-corrected chi connectivity index (χ3v) is 7.37. The fourth-order valence-electron chi connectivity index (χ4n) is 4.50. The number of hydrogen-bond donors (Lipinski definition) is 2. The Morgan fingerprint density at radius 1 is 1.16 bits per heavy atom. The molecule has 0 atom stereocenters. The number of hydrogen-bond acceptors (Lipinski definition) is 6. The number of amides is 1. The molecule has 0 bridgehead atoms. The normalized spacial score (nSPS) is 18.4. The predicted molar refractivity (Wildman–Crippen MR) is 116 cm³/mol. The summed E-state index contributed by atoms with van der Waals surface area (Å²) in [5, 5.41) is 6.23. The molecular formula is C21H24N6O3S. The number of H-pyrrole nitrogens is 1. The zero-order chi connectivity index (χ0) is 21.8. The molecule has 1 aliphatic heterocycles. The van der Waals surface area contributed by atoms with Crippen molar-refractivity contribution in [2.45, 2.75) is 24.7 Å². The summed E-state index contributed by atoms with van der Waals surface area (Å²) >= 11 is 0. The lowest BCUT2D eigenvalue weighted by Gasteiger charge is -2.25. The molecule has 5 rings (SSSR count). The van der Waals surface area contributed by atoms with Crippen molar-refractivity contribution in [2.24, 2.45) is 10.6 Å². The number of benzene rings is 1. The molecule has 1 saturated heterocycles. The number of nitrogens with two attached hydrogens (primary N) is 1. The van der Waals surface area contributed by atoms with Crippen molar-refractivity contribution in [3.63, 3.8) is 0 Å². The molecule has 3 N–H and O–H groups in total. The molecule has 3 heterocycles. The fourth-order valence-corrected chi connectivity index (χ4v) is 5.27. The van der Waals surface area contributed by atoms with Crippen LogP contribution in [0, 0.1) is 12.3 Å². The summed E-state index contributed by atoms with van der Waals surface area (Å²) in [7, 11) is -3.81. The van der Waals surface area contributed by atoms with Crippen LogP contribution < -0.4 is 10.0 Å². The molecule has 2 fully saturated rings. The van der Waals surface area contributed by atoms with Crippen LogP contribution in [0.4, 0.5) is 5.82 Å². The van der Waals surface area contributed by atoms with E-state index >= 15 is 0 Å². The number of anilines is 1. The summed E-state index contributed by atoms with van der Waals surface area (Å²) in [6, 6.07) is 6.55. The lowest BCUT2D eigenvalue weighted by molar-refractivity contribution is 0.0740. The zero-order valence-corrected chi connectivity index (χ0v) is 18.0. The highest BCUT2D eigenvalue weighted by atomic mass is 32.2. The lowest BCUT2D eigenvalue weighted by atomic mass is 10.1. The van der Waals surface area contributed by atoms with E-state index in [0.29, 0.717) is 30.8 Å². The van der Waals surface area contributed by atoms with Gasteiger partial charge in [-0.2, -0.15) is 0 Å². The number of rotatable bonds is 3. The van der Waals surface area contributed by atoms with Gasteiger partial charge in [-0.05, 0) is 49.6 Å². The minimum atomic E-state index is -3.81. The van der Waals surface area contributed by atoms with Crippen molar-refractivity contribution in [1.82, 2.24) is 19.9 Å². The smallest absolute Gasteiger partial charge is 0.253 e. The minimum Gasteiger partial charge on any atom is -0.354 e. The number of primary sulfonamides is 1. The number of nitrogens with one attached hydrogen (secondary N) is 1. The van der Waals surface area contributed by atoms with Gasteiger partial charge in [0, 0.05) is 43.4 Å². The highest BCUT2D eigenvalue weighted by Crippen LogP contribution is 2.48. The molecular weight excluding hydrogens is 416 g/mol. The van der Waals surface area contributed by atoms with Crippen LogP contribution in [0.1, 0.15) is 28.8 Å². The van der Waals surface area contributed by atoms with Gasteiger partial charge in [-0.1, -0.05) is 0 Å². The Morgan fingerprint density at radius 3 is 2.68 bits per heavy atom. The van der Waals surface area contributed by atoms with Crippen LogP contribution in [0.25, 0.3) is 11.0 Å². The van der Waals surface area contributed by atoms with Gasteiger partial charge in [-0.3, -0.25) is 4.79 Å². The molecule has 10 heteroatoms. The summed E-state index contributed by atoms with van der Waals surface area (Å²) < 4.78 is 23.4. The molecule has 0 unspecified atom stereocenters. The Bertz CT molecular complexity index is 1280. The Kier molecular flexibility index (Phi) is 4.52. The molecule has 3 aromatic rings. The maximum absolute atomic E-state index is 13.3. The first-order chi connectivity index (χ1) is 14.8. The van der Waals surface area contributed by atoms with Crippen LogP contribution in [-0.4, -0.2) is 60.4 Å². The first-order valence-electron chi connectivity index (χ1n) is 10.2.